The van der Waals surface area contributed by atoms with Gasteiger partial charge >= 0.3 is 5.97 Å². The minimum atomic E-state index is -0.361. The Kier molecular flexibility index (Phi) is 1.85. The van der Waals surface area contributed by atoms with Gasteiger partial charge in [-0.05, 0) is 23.6 Å². The lowest BCUT2D eigenvalue weighted by molar-refractivity contribution is 0.0593. The van der Waals surface area contributed by atoms with Crippen LogP contribution in [0.3, 0.4) is 0 Å². The number of methoxy groups -OCH3 is 1. The lowest BCUT2D eigenvalue weighted by atomic mass is 10.1. The number of fused-ring (bicyclic) bond motifs is 1. The van der Waals surface area contributed by atoms with Gasteiger partial charge in [0.2, 0.25) is 0 Å². The second-order valence-electron chi connectivity index (χ2n) is 2.83. The number of pyridine rings is 1. The van der Waals surface area contributed by atoms with E-state index >= 15 is 0 Å². The highest BCUT2D eigenvalue weighted by molar-refractivity contribution is 5.90. The summed E-state index contributed by atoms with van der Waals surface area (Å²) in [5.74, 6) is -0.361. The van der Waals surface area contributed by atoms with E-state index in [1.54, 1.807) is 6.20 Å². The molecule has 0 saturated heterocycles. The molecule has 0 amide bonds. The van der Waals surface area contributed by atoms with Gasteiger partial charge in [-0.3, -0.25) is 0 Å². The van der Waals surface area contributed by atoms with E-state index in [2.05, 4.69) is 9.72 Å². The third kappa shape index (κ3) is 1.22. The van der Waals surface area contributed by atoms with Crippen molar-refractivity contribution < 1.29 is 9.53 Å². The average molecular weight is 175 g/mol. The van der Waals surface area contributed by atoms with Gasteiger partial charge in [0.25, 0.3) is 0 Å². The monoisotopic (exact) mass is 175 g/mol. The second-order valence-corrected chi connectivity index (χ2v) is 2.83. The van der Waals surface area contributed by atoms with Crippen LogP contribution in [0.25, 0.3) is 6.08 Å². The Bertz CT molecular complexity index is 383. The fraction of sp³-hybridized carbons (Fsp3) is 0.200. The number of esters is 1. The number of allylic oxidation sites excluding steroid dienone is 1. The highest BCUT2D eigenvalue weighted by Crippen LogP contribution is 2.21. The van der Waals surface area contributed by atoms with Crippen LogP contribution < -0.4 is 0 Å². The summed E-state index contributed by atoms with van der Waals surface area (Å²) in [6, 6.07) is 1.89. The fourth-order valence-corrected chi connectivity index (χ4v) is 1.45. The van der Waals surface area contributed by atoms with E-state index in [-0.39, 0.29) is 5.97 Å². The zero-order chi connectivity index (χ0) is 9.26. The molecule has 1 aliphatic carbocycles. The first-order chi connectivity index (χ1) is 6.33. The summed E-state index contributed by atoms with van der Waals surface area (Å²) in [6.07, 6.45) is 6.40. The van der Waals surface area contributed by atoms with E-state index in [0.29, 0.717) is 5.69 Å². The summed E-state index contributed by atoms with van der Waals surface area (Å²) in [6.45, 7) is 0. The van der Waals surface area contributed by atoms with Crippen molar-refractivity contribution in [2.75, 3.05) is 7.11 Å². The first-order valence-electron chi connectivity index (χ1n) is 4.05. The Morgan fingerprint density at radius 2 is 2.46 bits per heavy atom. The first kappa shape index (κ1) is 7.98. The SMILES string of the molecule is COC(=O)c1nccc2c1CC=C2. The molecule has 1 aromatic heterocycles. The van der Waals surface area contributed by atoms with Gasteiger partial charge in [0.05, 0.1) is 7.11 Å². The number of carbonyl (C=O) groups is 1. The van der Waals surface area contributed by atoms with Crippen molar-refractivity contribution in [1.82, 2.24) is 4.98 Å². The Balaban J connectivity index is 2.50. The molecule has 1 aromatic rings. The van der Waals surface area contributed by atoms with Crippen LogP contribution in [0.15, 0.2) is 18.3 Å². The molecule has 3 heteroatoms. The summed E-state index contributed by atoms with van der Waals surface area (Å²) in [4.78, 5) is 15.3. The molecular formula is C10H9NO2. The van der Waals surface area contributed by atoms with Gasteiger partial charge in [-0.15, -0.1) is 0 Å². The molecule has 0 spiro atoms. The molecule has 0 bridgehead atoms. The van der Waals surface area contributed by atoms with Crippen LogP contribution in [0.2, 0.25) is 0 Å². The largest absolute Gasteiger partial charge is 0.464 e. The van der Waals surface area contributed by atoms with Crippen molar-refractivity contribution in [3.8, 4) is 0 Å². The van der Waals surface area contributed by atoms with Crippen molar-refractivity contribution in [2.24, 2.45) is 0 Å². The van der Waals surface area contributed by atoms with Gasteiger partial charge in [-0.1, -0.05) is 12.2 Å². The molecule has 0 unspecified atom stereocenters. The smallest absolute Gasteiger partial charge is 0.356 e. The number of rotatable bonds is 1. The molecule has 0 aromatic carbocycles. The van der Waals surface area contributed by atoms with Crippen LogP contribution in [0.4, 0.5) is 0 Å². The molecule has 1 aliphatic rings. The van der Waals surface area contributed by atoms with E-state index < -0.39 is 0 Å². The molecule has 13 heavy (non-hydrogen) atoms. The predicted molar refractivity (Wildman–Crippen MR) is 48.3 cm³/mol. The summed E-state index contributed by atoms with van der Waals surface area (Å²) >= 11 is 0. The number of ether oxygens (including phenoxy) is 1. The molecule has 0 N–H and O–H groups in total. The lowest BCUT2D eigenvalue weighted by Gasteiger charge is -2.03. The summed E-state index contributed by atoms with van der Waals surface area (Å²) in [7, 11) is 1.37. The molecule has 66 valence electrons. The number of hydrogen-bond acceptors (Lipinski definition) is 3. The molecule has 0 saturated carbocycles. The summed E-state index contributed by atoms with van der Waals surface area (Å²) in [5.41, 5.74) is 2.47. The molecule has 0 radical (unpaired) electrons. The number of nitrogens with zero attached hydrogens (tertiary/aromatic N) is 1. The molecule has 0 atom stereocenters. The molecule has 3 nitrogen and oxygen atoms in total. The summed E-state index contributed by atoms with van der Waals surface area (Å²) in [5, 5.41) is 0. The van der Waals surface area contributed by atoms with E-state index in [0.717, 1.165) is 17.5 Å². The third-order valence-electron chi connectivity index (χ3n) is 2.09. The first-order valence-corrected chi connectivity index (χ1v) is 4.05. The molecular weight excluding hydrogens is 166 g/mol. The van der Waals surface area contributed by atoms with E-state index in [1.807, 2.05) is 18.2 Å². The van der Waals surface area contributed by atoms with Crippen LogP contribution in [0, 0.1) is 0 Å². The molecule has 1 heterocycles. The number of aromatic nitrogens is 1. The molecule has 2 rings (SSSR count). The predicted octanol–water partition coefficient (Wildman–Crippen LogP) is 1.44. The van der Waals surface area contributed by atoms with Crippen molar-refractivity contribution in [2.45, 2.75) is 6.42 Å². The van der Waals surface area contributed by atoms with Crippen molar-refractivity contribution >= 4 is 12.0 Å². The minimum absolute atomic E-state index is 0.361. The maximum absolute atomic E-state index is 11.3. The highest BCUT2D eigenvalue weighted by Gasteiger charge is 2.17. The van der Waals surface area contributed by atoms with Crippen molar-refractivity contribution in [3.05, 3.63) is 35.2 Å². The van der Waals surface area contributed by atoms with Gasteiger partial charge in [0, 0.05) is 6.20 Å². The lowest BCUT2D eigenvalue weighted by Crippen LogP contribution is -2.08. The number of hydrogen-bond donors (Lipinski definition) is 0. The second kappa shape index (κ2) is 3.01. The molecule has 0 aliphatic heterocycles. The minimum Gasteiger partial charge on any atom is -0.464 e. The maximum atomic E-state index is 11.3. The van der Waals surface area contributed by atoms with Gasteiger partial charge < -0.3 is 4.74 Å². The van der Waals surface area contributed by atoms with Crippen molar-refractivity contribution in [3.63, 3.8) is 0 Å². The van der Waals surface area contributed by atoms with Gasteiger partial charge in [0.15, 0.2) is 5.69 Å². The fourth-order valence-electron chi connectivity index (χ4n) is 1.45. The van der Waals surface area contributed by atoms with Crippen LogP contribution in [-0.2, 0) is 11.2 Å². The Labute approximate surface area is 76.1 Å². The standard InChI is InChI=1S/C10H9NO2/c1-13-10(12)9-8-4-2-3-7(8)5-6-11-9/h2-3,5-6H,4H2,1H3. The quantitative estimate of drug-likeness (QED) is 0.606. The van der Waals surface area contributed by atoms with Gasteiger partial charge in [0.1, 0.15) is 0 Å². The van der Waals surface area contributed by atoms with E-state index in [4.69, 9.17) is 0 Å². The van der Waals surface area contributed by atoms with Crippen LogP contribution in [0.5, 0.6) is 0 Å². The summed E-state index contributed by atoms with van der Waals surface area (Å²) < 4.78 is 4.63. The Hall–Kier alpha value is -1.64. The zero-order valence-corrected chi connectivity index (χ0v) is 7.28. The third-order valence-corrected chi connectivity index (χ3v) is 2.09. The van der Waals surface area contributed by atoms with Crippen LogP contribution in [0.1, 0.15) is 21.6 Å². The van der Waals surface area contributed by atoms with Gasteiger partial charge in [-0.25, -0.2) is 9.78 Å². The van der Waals surface area contributed by atoms with Gasteiger partial charge in [-0.2, -0.15) is 0 Å². The van der Waals surface area contributed by atoms with Crippen LogP contribution in [-0.4, -0.2) is 18.1 Å². The maximum Gasteiger partial charge on any atom is 0.356 e. The highest BCUT2D eigenvalue weighted by atomic mass is 16.5. The topological polar surface area (TPSA) is 39.2 Å². The Morgan fingerprint density at radius 1 is 1.62 bits per heavy atom. The van der Waals surface area contributed by atoms with E-state index in [9.17, 15) is 4.79 Å². The Morgan fingerprint density at radius 3 is 3.23 bits per heavy atom. The van der Waals surface area contributed by atoms with Crippen LogP contribution >= 0.6 is 0 Å². The van der Waals surface area contributed by atoms with Crippen molar-refractivity contribution in [1.29, 1.82) is 0 Å². The van der Waals surface area contributed by atoms with E-state index in [1.165, 1.54) is 7.11 Å². The molecule has 0 fully saturated rings. The number of carbonyl (C=O) groups excluding carboxylic acids is 1. The zero-order valence-electron chi connectivity index (χ0n) is 7.28. The average Bonchev–Trinajstić information content (AvgIpc) is 2.63. The normalized spacial score (nSPS) is 12.7.